The average Bonchev–Trinajstić information content (AvgIpc) is 3.31. The molecule has 1 atom stereocenters. The predicted octanol–water partition coefficient (Wildman–Crippen LogP) is 4.89. The number of nitro benzene ring substituents is 1. The summed E-state index contributed by atoms with van der Waals surface area (Å²) in [4.78, 5) is 24.7. The zero-order valence-corrected chi connectivity index (χ0v) is 16.6. The third-order valence-electron chi connectivity index (χ3n) is 4.85. The molecule has 2 aromatic heterocycles. The van der Waals surface area contributed by atoms with Crippen molar-refractivity contribution in [2.45, 2.75) is 45.1 Å². The van der Waals surface area contributed by atoms with Crippen molar-refractivity contribution in [1.29, 1.82) is 0 Å². The highest BCUT2D eigenvalue weighted by Gasteiger charge is 2.23. The molecule has 0 bridgehead atoms. The van der Waals surface area contributed by atoms with Gasteiger partial charge in [0.1, 0.15) is 4.88 Å². The van der Waals surface area contributed by atoms with Gasteiger partial charge in [0.15, 0.2) is 6.10 Å². The van der Waals surface area contributed by atoms with Gasteiger partial charge < -0.3 is 9.15 Å². The highest BCUT2D eigenvalue weighted by Crippen LogP contribution is 2.31. The van der Waals surface area contributed by atoms with Gasteiger partial charge in [-0.15, -0.1) is 21.5 Å². The molecule has 150 valence electrons. The molecule has 3 aromatic rings. The molecule has 1 aromatic carbocycles. The molecule has 0 amide bonds. The molecule has 0 fully saturated rings. The van der Waals surface area contributed by atoms with Crippen LogP contribution in [0.2, 0.25) is 0 Å². The fourth-order valence-corrected chi connectivity index (χ4v) is 4.41. The first-order valence-electron chi connectivity index (χ1n) is 9.42. The van der Waals surface area contributed by atoms with Crippen LogP contribution >= 0.6 is 11.3 Å². The lowest BCUT2D eigenvalue weighted by Gasteiger charge is -2.08. The monoisotopic (exact) mass is 413 g/mol. The Balaban J connectivity index is 1.44. The molecule has 2 heterocycles. The maximum Gasteiger partial charge on any atom is 0.349 e. The third-order valence-corrected chi connectivity index (χ3v) is 6.06. The van der Waals surface area contributed by atoms with Gasteiger partial charge in [-0.05, 0) is 56.4 Å². The second-order valence-corrected chi connectivity index (χ2v) is 8.05. The minimum absolute atomic E-state index is 0.0230. The van der Waals surface area contributed by atoms with Crippen molar-refractivity contribution in [2.75, 3.05) is 0 Å². The van der Waals surface area contributed by atoms with E-state index < -0.39 is 17.0 Å². The van der Waals surface area contributed by atoms with E-state index in [0.717, 1.165) is 25.7 Å². The van der Waals surface area contributed by atoms with Gasteiger partial charge in [-0.2, -0.15) is 0 Å². The van der Waals surface area contributed by atoms with Gasteiger partial charge in [0.25, 0.3) is 11.6 Å². The van der Waals surface area contributed by atoms with Crippen molar-refractivity contribution in [2.24, 2.45) is 0 Å². The number of non-ortho nitro benzene ring substituents is 1. The Labute approximate surface area is 170 Å². The molecule has 0 unspecified atom stereocenters. The minimum atomic E-state index is -0.705. The summed E-state index contributed by atoms with van der Waals surface area (Å²) in [6.45, 7) is 1.67. The Hall–Kier alpha value is -3.07. The number of carbonyl (C=O) groups excluding carboxylic acids is 1. The standard InChI is InChI=1S/C20H19N3O5S/c1-12(27-20(24)17-11-14-5-3-2-4-6-16(14)29-17)18-21-22-19(28-18)13-7-9-15(10-8-13)23(25)26/h7-12H,2-6H2,1H3/t12-/m1/s1. The molecule has 9 heteroatoms. The van der Waals surface area contributed by atoms with Crippen LogP contribution in [0.3, 0.4) is 0 Å². The number of nitrogens with zero attached hydrogens (tertiary/aromatic N) is 3. The summed E-state index contributed by atoms with van der Waals surface area (Å²) >= 11 is 1.50. The van der Waals surface area contributed by atoms with E-state index in [9.17, 15) is 14.9 Å². The third kappa shape index (κ3) is 4.19. The van der Waals surface area contributed by atoms with E-state index in [-0.39, 0.29) is 17.5 Å². The van der Waals surface area contributed by atoms with Crippen LogP contribution in [0.1, 0.15) is 58.3 Å². The number of aromatic nitrogens is 2. The molecule has 1 aliphatic rings. The van der Waals surface area contributed by atoms with E-state index in [1.54, 1.807) is 6.92 Å². The Morgan fingerprint density at radius 2 is 1.97 bits per heavy atom. The lowest BCUT2D eigenvalue weighted by atomic mass is 10.1. The Morgan fingerprint density at radius 1 is 1.21 bits per heavy atom. The molecule has 8 nitrogen and oxygen atoms in total. The van der Waals surface area contributed by atoms with Crippen LogP contribution in [0.25, 0.3) is 11.5 Å². The summed E-state index contributed by atoms with van der Waals surface area (Å²) in [5.74, 6) is -0.0175. The number of fused-ring (bicyclic) bond motifs is 1. The maximum absolute atomic E-state index is 12.5. The van der Waals surface area contributed by atoms with Gasteiger partial charge in [-0.25, -0.2) is 4.79 Å². The van der Waals surface area contributed by atoms with E-state index in [1.807, 2.05) is 6.07 Å². The maximum atomic E-state index is 12.5. The molecule has 29 heavy (non-hydrogen) atoms. The van der Waals surface area contributed by atoms with Crippen molar-refractivity contribution in [3.8, 4) is 11.5 Å². The van der Waals surface area contributed by atoms with Gasteiger partial charge >= 0.3 is 5.97 Å². The molecular weight excluding hydrogens is 394 g/mol. The largest absolute Gasteiger partial charge is 0.448 e. The van der Waals surface area contributed by atoms with E-state index >= 15 is 0 Å². The Kier molecular flexibility index (Phi) is 5.39. The molecular formula is C20H19N3O5S. The molecule has 0 saturated heterocycles. The number of rotatable bonds is 5. The van der Waals surface area contributed by atoms with Gasteiger partial charge in [-0.1, -0.05) is 6.42 Å². The van der Waals surface area contributed by atoms with Crippen LogP contribution in [-0.4, -0.2) is 21.1 Å². The zero-order valence-electron chi connectivity index (χ0n) is 15.8. The second kappa shape index (κ2) is 8.12. The van der Waals surface area contributed by atoms with Crippen LogP contribution in [0.15, 0.2) is 34.7 Å². The van der Waals surface area contributed by atoms with Crippen molar-refractivity contribution in [3.05, 3.63) is 61.7 Å². The Bertz CT molecular complexity index is 1020. The number of thiophene rings is 1. The first kappa shape index (κ1) is 19.3. The lowest BCUT2D eigenvalue weighted by Crippen LogP contribution is -2.08. The topological polar surface area (TPSA) is 108 Å². The summed E-state index contributed by atoms with van der Waals surface area (Å²) in [5, 5.41) is 18.6. The minimum Gasteiger partial charge on any atom is -0.448 e. The summed E-state index contributed by atoms with van der Waals surface area (Å²) in [7, 11) is 0. The number of hydrogen-bond acceptors (Lipinski definition) is 8. The van der Waals surface area contributed by atoms with Crippen LogP contribution in [-0.2, 0) is 17.6 Å². The van der Waals surface area contributed by atoms with Crippen molar-refractivity contribution >= 4 is 23.0 Å². The molecule has 4 rings (SSSR count). The average molecular weight is 413 g/mol. The van der Waals surface area contributed by atoms with E-state index in [0.29, 0.717) is 10.4 Å². The van der Waals surface area contributed by atoms with E-state index in [4.69, 9.17) is 9.15 Å². The van der Waals surface area contributed by atoms with Crippen LogP contribution in [0.5, 0.6) is 0 Å². The van der Waals surface area contributed by atoms with E-state index in [2.05, 4.69) is 10.2 Å². The zero-order chi connectivity index (χ0) is 20.4. The summed E-state index contributed by atoms with van der Waals surface area (Å²) in [6, 6.07) is 7.74. The number of ether oxygens (including phenoxy) is 1. The van der Waals surface area contributed by atoms with Gasteiger partial charge in [-0.3, -0.25) is 10.1 Å². The molecule has 0 N–H and O–H groups in total. The molecule has 0 aliphatic heterocycles. The molecule has 0 spiro atoms. The lowest BCUT2D eigenvalue weighted by molar-refractivity contribution is -0.384. The highest BCUT2D eigenvalue weighted by molar-refractivity contribution is 7.14. The van der Waals surface area contributed by atoms with Gasteiger partial charge in [0.05, 0.1) is 4.92 Å². The van der Waals surface area contributed by atoms with E-state index in [1.165, 1.54) is 52.5 Å². The highest BCUT2D eigenvalue weighted by atomic mass is 32.1. The molecule has 1 aliphatic carbocycles. The smallest absolute Gasteiger partial charge is 0.349 e. The normalized spacial score (nSPS) is 14.7. The number of aryl methyl sites for hydroxylation is 2. The SMILES string of the molecule is C[C@@H](OC(=O)c1cc2c(s1)CCCCC2)c1nnc(-c2ccc([N+](=O)[O-])cc2)o1. The van der Waals surface area contributed by atoms with Gasteiger partial charge in [0, 0.05) is 22.6 Å². The summed E-state index contributed by atoms with van der Waals surface area (Å²) in [5.41, 5.74) is 1.78. The number of carbonyl (C=O) groups is 1. The summed E-state index contributed by atoms with van der Waals surface area (Å²) < 4.78 is 11.1. The molecule has 0 saturated carbocycles. The second-order valence-electron chi connectivity index (χ2n) is 6.92. The predicted molar refractivity (Wildman–Crippen MR) is 106 cm³/mol. The Morgan fingerprint density at radius 3 is 2.72 bits per heavy atom. The first-order chi connectivity index (χ1) is 14.0. The van der Waals surface area contributed by atoms with Crippen LogP contribution < -0.4 is 0 Å². The van der Waals surface area contributed by atoms with Crippen LogP contribution in [0, 0.1) is 10.1 Å². The van der Waals surface area contributed by atoms with Crippen molar-refractivity contribution in [1.82, 2.24) is 10.2 Å². The number of benzene rings is 1. The van der Waals surface area contributed by atoms with Gasteiger partial charge in [0.2, 0.25) is 5.89 Å². The molecule has 0 radical (unpaired) electrons. The fourth-order valence-electron chi connectivity index (χ4n) is 3.28. The quantitative estimate of drug-likeness (QED) is 0.253. The number of esters is 1. The van der Waals surface area contributed by atoms with Crippen LogP contribution in [0.4, 0.5) is 5.69 Å². The summed E-state index contributed by atoms with van der Waals surface area (Å²) in [6.07, 6.45) is 4.87. The van der Waals surface area contributed by atoms with Crippen molar-refractivity contribution in [3.63, 3.8) is 0 Å². The fraction of sp³-hybridized carbons (Fsp3) is 0.350. The van der Waals surface area contributed by atoms with Crippen molar-refractivity contribution < 1.29 is 18.9 Å². The number of nitro groups is 1. The number of hydrogen-bond donors (Lipinski definition) is 0. The first-order valence-corrected chi connectivity index (χ1v) is 10.2.